The number of aromatic nitrogens is 4. The summed E-state index contributed by atoms with van der Waals surface area (Å²) in [4.78, 5) is 36.7. The maximum absolute atomic E-state index is 11.8. The van der Waals surface area contributed by atoms with E-state index in [9.17, 15) is 9.59 Å². The Morgan fingerprint density at radius 2 is 1.84 bits per heavy atom. The van der Waals surface area contributed by atoms with Gasteiger partial charge < -0.3 is 24.3 Å². The van der Waals surface area contributed by atoms with Gasteiger partial charge in [0, 0.05) is 33.1 Å². The lowest BCUT2D eigenvalue weighted by atomic mass is 10.1. The minimum atomic E-state index is -0.929. The molecule has 0 radical (unpaired) electrons. The molecule has 0 amide bonds. The van der Waals surface area contributed by atoms with Crippen LogP contribution in [0.4, 0.5) is 5.82 Å². The van der Waals surface area contributed by atoms with Crippen LogP contribution in [0.5, 0.6) is 0 Å². The number of nitrogens with one attached hydrogen (secondary N) is 1. The predicted octanol–water partition coefficient (Wildman–Crippen LogP) is 1.20. The molecule has 32 heavy (non-hydrogen) atoms. The second kappa shape index (κ2) is 9.50. The van der Waals surface area contributed by atoms with Crippen molar-refractivity contribution in [3.05, 3.63) is 12.7 Å². The number of hydrogen-bond donors (Lipinski definition) is 1. The lowest BCUT2D eigenvalue weighted by Gasteiger charge is -2.24. The lowest BCUT2D eigenvalue weighted by Crippen LogP contribution is -2.38. The van der Waals surface area contributed by atoms with Crippen molar-refractivity contribution in [1.29, 1.82) is 0 Å². The first kappa shape index (κ1) is 22.0. The second-order valence-corrected chi connectivity index (χ2v) is 7.57. The zero-order valence-electron chi connectivity index (χ0n) is 18.1. The van der Waals surface area contributed by atoms with Crippen LogP contribution >= 0.6 is 0 Å². The Morgan fingerprint density at radius 3 is 2.53 bits per heavy atom. The number of imidazole rings is 1. The van der Waals surface area contributed by atoms with Gasteiger partial charge in [-0.1, -0.05) is 5.92 Å². The molecule has 0 bridgehead atoms. The molecule has 170 valence electrons. The van der Waals surface area contributed by atoms with Crippen LogP contribution in [0, 0.1) is 11.8 Å². The molecule has 2 saturated heterocycles. The van der Waals surface area contributed by atoms with Crippen molar-refractivity contribution in [3.63, 3.8) is 0 Å². The van der Waals surface area contributed by atoms with Crippen LogP contribution in [0.2, 0.25) is 0 Å². The molecule has 2 aliphatic rings. The number of ether oxygens (including phenoxy) is 4. The van der Waals surface area contributed by atoms with Crippen LogP contribution in [-0.4, -0.2) is 69.0 Å². The third-order valence-corrected chi connectivity index (χ3v) is 5.28. The highest BCUT2D eigenvalue weighted by molar-refractivity contribution is 5.83. The summed E-state index contributed by atoms with van der Waals surface area (Å²) >= 11 is 0. The highest BCUT2D eigenvalue weighted by Gasteiger charge is 2.50. The molecule has 2 aromatic heterocycles. The fourth-order valence-corrected chi connectivity index (χ4v) is 3.94. The van der Waals surface area contributed by atoms with Crippen LogP contribution in [0.25, 0.3) is 11.2 Å². The van der Waals surface area contributed by atoms with Crippen molar-refractivity contribution >= 4 is 28.9 Å². The first-order chi connectivity index (χ1) is 15.5. The number of fused-ring (bicyclic) bond motifs is 1. The summed E-state index contributed by atoms with van der Waals surface area (Å²) < 4.78 is 24.1. The van der Waals surface area contributed by atoms with Gasteiger partial charge in [0.15, 0.2) is 41.5 Å². The molecule has 11 heteroatoms. The van der Waals surface area contributed by atoms with Gasteiger partial charge in [-0.25, -0.2) is 15.0 Å². The molecule has 2 fully saturated rings. The molecule has 0 unspecified atom stereocenters. The van der Waals surface area contributed by atoms with Crippen molar-refractivity contribution in [2.75, 3.05) is 18.5 Å². The topological polar surface area (TPSA) is 127 Å². The van der Waals surface area contributed by atoms with E-state index in [-0.39, 0.29) is 6.04 Å². The molecule has 0 saturated carbocycles. The Hall–Kier alpha value is -3.23. The van der Waals surface area contributed by atoms with E-state index in [1.807, 2.05) is 0 Å². The zero-order chi connectivity index (χ0) is 22.7. The van der Waals surface area contributed by atoms with Crippen molar-refractivity contribution in [1.82, 2.24) is 19.5 Å². The molecule has 1 N–H and O–H groups in total. The van der Waals surface area contributed by atoms with Gasteiger partial charge in [0.05, 0.1) is 6.33 Å². The zero-order valence-corrected chi connectivity index (χ0v) is 18.1. The largest absolute Gasteiger partial charge is 0.455 e. The Kier molecular flexibility index (Phi) is 6.53. The van der Waals surface area contributed by atoms with E-state index in [1.165, 1.54) is 20.2 Å². The second-order valence-electron chi connectivity index (χ2n) is 7.57. The number of carbonyl (C=O) groups excluding carboxylic acids is 2. The van der Waals surface area contributed by atoms with Crippen LogP contribution in [0.15, 0.2) is 12.7 Å². The molecule has 4 heterocycles. The van der Waals surface area contributed by atoms with E-state index in [4.69, 9.17) is 18.9 Å². The smallest absolute Gasteiger partial charge is 0.303 e. The van der Waals surface area contributed by atoms with E-state index in [2.05, 4.69) is 32.1 Å². The van der Waals surface area contributed by atoms with E-state index < -0.39 is 36.5 Å². The summed E-state index contributed by atoms with van der Waals surface area (Å²) in [7, 11) is 0. The fraction of sp³-hybridized carbons (Fsp3) is 0.571. The van der Waals surface area contributed by atoms with E-state index in [0.717, 1.165) is 12.8 Å². The average Bonchev–Trinajstić information content (AvgIpc) is 3.32. The molecule has 0 spiro atoms. The predicted molar refractivity (Wildman–Crippen MR) is 111 cm³/mol. The monoisotopic (exact) mass is 443 g/mol. The van der Waals surface area contributed by atoms with Gasteiger partial charge in [0.1, 0.15) is 6.33 Å². The molecular weight excluding hydrogens is 418 g/mol. The van der Waals surface area contributed by atoms with Crippen molar-refractivity contribution in [2.45, 2.75) is 64.2 Å². The average molecular weight is 443 g/mol. The van der Waals surface area contributed by atoms with E-state index in [0.29, 0.717) is 30.2 Å². The van der Waals surface area contributed by atoms with Gasteiger partial charge >= 0.3 is 11.9 Å². The molecular formula is C21H25N5O6. The molecule has 4 atom stereocenters. The summed E-state index contributed by atoms with van der Waals surface area (Å²) in [6.45, 7) is 5.60. The normalized spacial score (nSPS) is 25.7. The summed E-state index contributed by atoms with van der Waals surface area (Å²) in [6.07, 6.45) is 1.27. The van der Waals surface area contributed by atoms with E-state index >= 15 is 0 Å². The molecule has 2 aromatic rings. The van der Waals surface area contributed by atoms with Crippen LogP contribution in [-0.2, 0) is 28.5 Å². The van der Waals surface area contributed by atoms with Gasteiger partial charge in [0.25, 0.3) is 0 Å². The van der Waals surface area contributed by atoms with Gasteiger partial charge in [0.2, 0.25) is 0 Å². The summed E-state index contributed by atoms with van der Waals surface area (Å²) in [5.41, 5.74) is 1.04. The van der Waals surface area contributed by atoms with Gasteiger partial charge in [-0.05, 0) is 19.8 Å². The quantitative estimate of drug-likeness (QED) is 0.532. The first-order valence-electron chi connectivity index (χ1n) is 10.4. The van der Waals surface area contributed by atoms with Gasteiger partial charge in [-0.15, -0.1) is 5.92 Å². The number of nitrogens with zero attached hydrogens (tertiary/aromatic N) is 4. The molecule has 0 aromatic carbocycles. The minimum absolute atomic E-state index is 0.223. The van der Waals surface area contributed by atoms with E-state index in [1.54, 1.807) is 17.8 Å². The van der Waals surface area contributed by atoms with Gasteiger partial charge in [-0.2, -0.15) is 0 Å². The van der Waals surface area contributed by atoms with Gasteiger partial charge in [-0.3, -0.25) is 14.2 Å². The third kappa shape index (κ3) is 4.51. The maximum Gasteiger partial charge on any atom is 0.303 e. The number of esters is 2. The molecule has 11 nitrogen and oxygen atoms in total. The number of hydrogen-bond acceptors (Lipinski definition) is 10. The Labute approximate surface area is 184 Å². The van der Waals surface area contributed by atoms with Crippen LogP contribution in [0.3, 0.4) is 0 Å². The SMILES string of the molecule is CC#C[C@@H]1O[C@@H](n2cnc3c(NC4CCOCC4)ncnc32)[C@H](OC(C)=O)[C@@H]1OC(C)=O. The Morgan fingerprint density at radius 1 is 1.12 bits per heavy atom. The number of anilines is 1. The number of carbonyl (C=O) groups is 2. The fourth-order valence-electron chi connectivity index (χ4n) is 3.94. The summed E-state index contributed by atoms with van der Waals surface area (Å²) in [6, 6.07) is 0.223. The minimum Gasteiger partial charge on any atom is -0.455 e. The Balaban J connectivity index is 1.69. The molecule has 4 rings (SSSR count). The van der Waals surface area contributed by atoms with Crippen LogP contribution < -0.4 is 5.32 Å². The van der Waals surface area contributed by atoms with Crippen molar-refractivity contribution in [3.8, 4) is 11.8 Å². The summed E-state index contributed by atoms with van der Waals surface area (Å²) in [5, 5.41) is 3.41. The van der Waals surface area contributed by atoms with Crippen molar-refractivity contribution < 1.29 is 28.5 Å². The summed E-state index contributed by atoms with van der Waals surface area (Å²) in [5.74, 6) is 5.18. The molecule has 0 aliphatic carbocycles. The van der Waals surface area contributed by atoms with Crippen molar-refractivity contribution in [2.24, 2.45) is 0 Å². The molecule has 2 aliphatic heterocycles. The lowest BCUT2D eigenvalue weighted by molar-refractivity contribution is -0.165. The first-order valence-corrected chi connectivity index (χ1v) is 10.4. The highest BCUT2D eigenvalue weighted by atomic mass is 16.6. The maximum atomic E-state index is 11.8. The third-order valence-electron chi connectivity index (χ3n) is 5.28. The highest BCUT2D eigenvalue weighted by Crippen LogP contribution is 2.36. The Bertz CT molecular complexity index is 1050. The van der Waals surface area contributed by atoms with Crippen LogP contribution in [0.1, 0.15) is 39.8 Å². The standard InChI is InChI=1S/C21H25N5O6/c1-4-5-15-17(30-12(2)27)18(31-13(3)28)21(32-15)26-11-24-16-19(22-10-23-20(16)26)25-14-6-8-29-9-7-14/h10-11,14-15,17-18,21H,6-9H2,1-3H3,(H,22,23,25)/t15-,17+,18+,21+/m0/s1. The number of rotatable bonds is 5.